The molecule has 1 heterocycles. The standard InChI is InChI=1S/C28H32N2O2/c1-21(2)28(3,23-11-9-22(10-12-23)27(31)17-19-30(4)5)24-13-15-26(16-14-24)32-20-25-8-6-7-18-29-25/h6-19,21H,20H2,1-5H3/b19-17+. The van der Waals surface area contributed by atoms with E-state index in [0.29, 0.717) is 18.1 Å². The van der Waals surface area contributed by atoms with Gasteiger partial charge in [0.05, 0.1) is 5.69 Å². The number of carbonyl (C=O) groups is 1. The number of hydrogen-bond donors (Lipinski definition) is 0. The average Bonchev–Trinajstić information content (AvgIpc) is 2.81. The second-order valence-corrected chi connectivity index (χ2v) is 8.71. The van der Waals surface area contributed by atoms with Crippen LogP contribution in [-0.4, -0.2) is 29.8 Å². The first-order chi connectivity index (χ1) is 15.3. The van der Waals surface area contributed by atoms with Gasteiger partial charge in [-0.25, -0.2) is 0 Å². The highest BCUT2D eigenvalue weighted by atomic mass is 16.5. The zero-order valence-corrected chi connectivity index (χ0v) is 19.6. The van der Waals surface area contributed by atoms with Crippen LogP contribution in [0.2, 0.25) is 0 Å². The number of hydrogen-bond acceptors (Lipinski definition) is 4. The predicted molar refractivity (Wildman–Crippen MR) is 130 cm³/mol. The van der Waals surface area contributed by atoms with E-state index in [1.54, 1.807) is 18.5 Å². The molecule has 0 aliphatic rings. The maximum atomic E-state index is 12.4. The van der Waals surface area contributed by atoms with Crippen molar-refractivity contribution in [1.82, 2.24) is 9.88 Å². The fourth-order valence-corrected chi connectivity index (χ4v) is 3.67. The molecule has 166 valence electrons. The van der Waals surface area contributed by atoms with Crippen molar-refractivity contribution in [2.24, 2.45) is 5.92 Å². The minimum Gasteiger partial charge on any atom is -0.487 e. The summed E-state index contributed by atoms with van der Waals surface area (Å²) >= 11 is 0. The molecule has 2 aromatic carbocycles. The maximum absolute atomic E-state index is 12.4. The van der Waals surface area contributed by atoms with Crippen LogP contribution in [0.1, 0.15) is 48.0 Å². The third-order valence-corrected chi connectivity index (χ3v) is 6.01. The van der Waals surface area contributed by atoms with Crippen LogP contribution in [0.5, 0.6) is 5.75 Å². The molecular weight excluding hydrogens is 396 g/mol. The van der Waals surface area contributed by atoms with Crippen LogP contribution in [0.15, 0.2) is 85.2 Å². The van der Waals surface area contributed by atoms with E-state index in [0.717, 1.165) is 11.4 Å². The molecule has 0 bridgehead atoms. The van der Waals surface area contributed by atoms with Gasteiger partial charge in [0, 0.05) is 43.5 Å². The Morgan fingerprint density at radius 2 is 1.62 bits per heavy atom. The average molecular weight is 429 g/mol. The van der Waals surface area contributed by atoms with E-state index >= 15 is 0 Å². The van der Waals surface area contributed by atoms with Crippen LogP contribution in [0.25, 0.3) is 0 Å². The minimum atomic E-state index is -0.194. The number of ketones is 1. The molecule has 0 spiro atoms. The van der Waals surface area contributed by atoms with E-state index in [-0.39, 0.29) is 11.2 Å². The number of allylic oxidation sites excluding steroid dienone is 1. The molecule has 4 nitrogen and oxygen atoms in total. The molecule has 0 fully saturated rings. The maximum Gasteiger partial charge on any atom is 0.187 e. The monoisotopic (exact) mass is 428 g/mol. The lowest BCUT2D eigenvalue weighted by Gasteiger charge is -2.35. The quantitative estimate of drug-likeness (QED) is 0.315. The highest BCUT2D eigenvalue weighted by Gasteiger charge is 2.32. The van der Waals surface area contributed by atoms with E-state index in [4.69, 9.17) is 4.74 Å². The van der Waals surface area contributed by atoms with Crippen LogP contribution in [-0.2, 0) is 12.0 Å². The Kier molecular flexibility index (Phi) is 7.47. The van der Waals surface area contributed by atoms with Gasteiger partial charge in [-0.3, -0.25) is 9.78 Å². The summed E-state index contributed by atoms with van der Waals surface area (Å²) < 4.78 is 5.90. The van der Waals surface area contributed by atoms with Gasteiger partial charge in [0.1, 0.15) is 12.4 Å². The van der Waals surface area contributed by atoms with E-state index in [9.17, 15) is 4.79 Å². The van der Waals surface area contributed by atoms with Gasteiger partial charge in [-0.15, -0.1) is 0 Å². The summed E-state index contributed by atoms with van der Waals surface area (Å²) in [4.78, 5) is 18.5. The van der Waals surface area contributed by atoms with Crippen molar-refractivity contribution in [3.63, 3.8) is 0 Å². The van der Waals surface area contributed by atoms with Crippen molar-refractivity contribution >= 4 is 5.78 Å². The Bertz CT molecular complexity index is 1040. The summed E-state index contributed by atoms with van der Waals surface area (Å²) in [6, 6.07) is 22.1. The smallest absolute Gasteiger partial charge is 0.187 e. The van der Waals surface area contributed by atoms with Gasteiger partial charge in [0.15, 0.2) is 5.78 Å². The summed E-state index contributed by atoms with van der Waals surface area (Å²) in [5.74, 6) is 1.18. The van der Waals surface area contributed by atoms with Crippen molar-refractivity contribution in [3.8, 4) is 5.75 Å². The lowest BCUT2D eigenvalue weighted by Crippen LogP contribution is -2.30. The van der Waals surface area contributed by atoms with Crippen molar-refractivity contribution in [1.29, 1.82) is 0 Å². The van der Waals surface area contributed by atoms with Crippen LogP contribution in [0.4, 0.5) is 0 Å². The molecule has 0 saturated carbocycles. The number of aromatic nitrogens is 1. The van der Waals surface area contributed by atoms with Crippen LogP contribution in [0, 0.1) is 5.92 Å². The Hall–Kier alpha value is -3.40. The first-order valence-electron chi connectivity index (χ1n) is 10.9. The third-order valence-electron chi connectivity index (χ3n) is 6.01. The van der Waals surface area contributed by atoms with E-state index < -0.39 is 0 Å². The Morgan fingerprint density at radius 1 is 1.00 bits per heavy atom. The number of nitrogens with zero attached hydrogens (tertiary/aromatic N) is 2. The molecule has 1 aromatic heterocycles. The largest absolute Gasteiger partial charge is 0.487 e. The van der Waals surface area contributed by atoms with Crippen LogP contribution < -0.4 is 4.74 Å². The SMILES string of the molecule is CC(C)C(C)(c1ccc(OCc2ccccn2)cc1)c1ccc(C(=O)/C=C/N(C)C)cc1. The molecule has 0 saturated heterocycles. The van der Waals surface area contributed by atoms with Gasteiger partial charge in [0.2, 0.25) is 0 Å². The van der Waals surface area contributed by atoms with Gasteiger partial charge in [-0.05, 0) is 41.3 Å². The number of rotatable bonds is 9. The van der Waals surface area contributed by atoms with Crippen LogP contribution in [0.3, 0.4) is 0 Å². The Labute approximate surface area is 191 Å². The van der Waals surface area contributed by atoms with Gasteiger partial charge >= 0.3 is 0 Å². The Balaban J connectivity index is 1.79. The molecule has 0 N–H and O–H groups in total. The van der Waals surface area contributed by atoms with Crippen molar-refractivity contribution in [3.05, 3.63) is 108 Å². The normalized spacial score (nSPS) is 13.2. The number of benzene rings is 2. The molecule has 1 atom stereocenters. The highest BCUT2D eigenvalue weighted by Crippen LogP contribution is 2.39. The first-order valence-corrected chi connectivity index (χ1v) is 10.9. The lowest BCUT2D eigenvalue weighted by atomic mass is 9.68. The molecule has 0 aliphatic carbocycles. The van der Waals surface area contributed by atoms with E-state index in [1.165, 1.54) is 11.1 Å². The molecule has 1 unspecified atom stereocenters. The zero-order valence-electron chi connectivity index (χ0n) is 19.6. The number of ether oxygens (including phenoxy) is 1. The molecular formula is C28H32N2O2. The summed E-state index contributed by atoms with van der Waals surface area (Å²) in [6.45, 7) is 7.15. The second-order valence-electron chi connectivity index (χ2n) is 8.71. The van der Waals surface area contributed by atoms with Gasteiger partial charge in [-0.2, -0.15) is 0 Å². The summed E-state index contributed by atoms with van der Waals surface area (Å²) in [7, 11) is 3.80. The fraction of sp³-hybridized carbons (Fsp3) is 0.286. The zero-order chi connectivity index (χ0) is 23.1. The molecule has 3 rings (SSSR count). The molecule has 3 aromatic rings. The van der Waals surface area contributed by atoms with Crippen molar-refractivity contribution in [2.75, 3.05) is 14.1 Å². The minimum absolute atomic E-state index is 0.00547. The van der Waals surface area contributed by atoms with Gasteiger partial charge in [-0.1, -0.05) is 63.2 Å². The molecule has 0 radical (unpaired) electrons. The number of pyridine rings is 1. The van der Waals surface area contributed by atoms with Crippen molar-refractivity contribution < 1.29 is 9.53 Å². The summed E-state index contributed by atoms with van der Waals surface area (Å²) in [5, 5.41) is 0. The lowest BCUT2D eigenvalue weighted by molar-refractivity contribution is 0.104. The van der Waals surface area contributed by atoms with E-state index in [1.807, 2.05) is 61.5 Å². The third kappa shape index (κ3) is 5.44. The van der Waals surface area contributed by atoms with E-state index in [2.05, 4.69) is 50.0 Å². The topological polar surface area (TPSA) is 42.4 Å². The number of carbonyl (C=O) groups excluding carboxylic acids is 1. The first kappa shape index (κ1) is 23.3. The van der Waals surface area contributed by atoms with Gasteiger partial charge in [0.25, 0.3) is 0 Å². The van der Waals surface area contributed by atoms with Gasteiger partial charge < -0.3 is 9.64 Å². The molecule has 4 heteroatoms. The Morgan fingerprint density at radius 3 is 2.16 bits per heavy atom. The van der Waals surface area contributed by atoms with Crippen molar-refractivity contribution in [2.45, 2.75) is 32.8 Å². The molecule has 0 aliphatic heterocycles. The fourth-order valence-electron chi connectivity index (χ4n) is 3.67. The summed E-state index contributed by atoms with van der Waals surface area (Å²) in [6.07, 6.45) is 5.14. The molecule has 32 heavy (non-hydrogen) atoms. The summed E-state index contributed by atoms with van der Waals surface area (Å²) in [5.41, 5.74) is 3.79. The molecule has 0 amide bonds. The highest BCUT2D eigenvalue weighted by molar-refractivity contribution is 6.04. The second kappa shape index (κ2) is 10.3. The predicted octanol–water partition coefficient (Wildman–Crippen LogP) is 5.88. The van der Waals surface area contributed by atoms with Crippen LogP contribution >= 0.6 is 0 Å².